The normalized spacial score (nSPS) is 11.9. The lowest BCUT2D eigenvalue weighted by molar-refractivity contribution is -0.122. The Kier molecular flexibility index (Phi) is 8.80. The first kappa shape index (κ1) is 23.9. The summed E-state index contributed by atoms with van der Waals surface area (Å²) in [6, 6.07) is 17.7. The molecular weight excluding hydrogens is 422 g/mol. The van der Waals surface area contributed by atoms with Gasteiger partial charge in [-0.3, -0.25) is 9.78 Å². The quantitative estimate of drug-likeness (QED) is 0.420. The summed E-state index contributed by atoms with van der Waals surface area (Å²) in [7, 11) is 0. The molecule has 1 unspecified atom stereocenters. The van der Waals surface area contributed by atoms with Gasteiger partial charge in [-0.1, -0.05) is 67.1 Å². The highest BCUT2D eigenvalue weighted by Crippen LogP contribution is 2.20. The van der Waals surface area contributed by atoms with Gasteiger partial charge in [-0.2, -0.15) is 0 Å². The molecule has 32 heavy (non-hydrogen) atoms. The molecule has 5 nitrogen and oxygen atoms in total. The van der Waals surface area contributed by atoms with Gasteiger partial charge in [0.1, 0.15) is 0 Å². The lowest BCUT2D eigenvalue weighted by atomic mass is 9.95. The molecule has 0 fully saturated rings. The zero-order valence-corrected chi connectivity index (χ0v) is 19.3. The molecular formula is C26H30ClN3O2. The number of pyridine rings is 1. The molecule has 168 valence electrons. The van der Waals surface area contributed by atoms with Crippen molar-refractivity contribution >= 4 is 17.5 Å². The van der Waals surface area contributed by atoms with Crippen molar-refractivity contribution in [3.63, 3.8) is 0 Å². The maximum atomic E-state index is 12.7. The number of aliphatic hydroxyl groups is 1. The maximum Gasteiger partial charge on any atom is 0.227 e. The molecule has 0 saturated heterocycles. The molecule has 0 spiro atoms. The molecule has 6 heteroatoms. The summed E-state index contributed by atoms with van der Waals surface area (Å²) in [6.45, 7) is 5.60. The molecule has 1 amide bonds. The van der Waals surface area contributed by atoms with Gasteiger partial charge in [0.2, 0.25) is 5.91 Å². The van der Waals surface area contributed by atoms with E-state index in [1.807, 2.05) is 68.4 Å². The van der Waals surface area contributed by atoms with Crippen LogP contribution < -0.4 is 10.6 Å². The highest BCUT2D eigenvalue weighted by molar-refractivity contribution is 6.30. The Labute approximate surface area is 194 Å². The number of benzene rings is 2. The Morgan fingerprint density at radius 3 is 2.53 bits per heavy atom. The first-order chi connectivity index (χ1) is 15.5. The van der Waals surface area contributed by atoms with E-state index in [0.29, 0.717) is 24.7 Å². The molecule has 0 aliphatic rings. The number of aryl methyl sites for hydroxylation is 1. The van der Waals surface area contributed by atoms with Crippen LogP contribution in [-0.4, -0.2) is 16.0 Å². The van der Waals surface area contributed by atoms with Crippen molar-refractivity contribution in [2.24, 2.45) is 0 Å². The Morgan fingerprint density at radius 1 is 1.06 bits per heavy atom. The van der Waals surface area contributed by atoms with E-state index in [9.17, 15) is 9.90 Å². The van der Waals surface area contributed by atoms with Crippen LogP contribution in [0.1, 0.15) is 52.8 Å². The minimum Gasteiger partial charge on any atom is -0.392 e. The van der Waals surface area contributed by atoms with Gasteiger partial charge in [0, 0.05) is 25.8 Å². The fourth-order valence-electron chi connectivity index (χ4n) is 3.75. The SMILES string of the molecule is CCC(C(=O)NCc1ccc(CNCc2ncc(Cl)cc2C)c(CO)c1)c1ccccc1. The summed E-state index contributed by atoms with van der Waals surface area (Å²) in [5.74, 6) is -0.150. The lowest BCUT2D eigenvalue weighted by Gasteiger charge is -2.16. The fraction of sp³-hybridized carbons (Fsp3) is 0.308. The topological polar surface area (TPSA) is 74.2 Å². The molecule has 1 aromatic heterocycles. The maximum absolute atomic E-state index is 12.7. The number of carbonyl (C=O) groups is 1. The molecule has 1 heterocycles. The Morgan fingerprint density at radius 2 is 1.84 bits per heavy atom. The summed E-state index contributed by atoms with van der Waals surface area (Å²) in [6.07, 6.45) is 2.39. The van der Waals surface area contributed by atoms with Crippen molar-refractivity contribution in [2.45, 2.75) is 52.4 Å². The molecule has 3 rings (SSSR count). The van der Waals surface area contributed by atoms with Crippen molar-refractivity contribution in [1.29, 1.82) is 0 Å². The van der Waals surface area contributed by atoms with Crippen molar-refractivity contribution in [3.05, 3.63) is 99.3 Å². The summed E-state index contributed by atoms with van der Waals surface area (Å²) >= 11 is 5.97. The average molecular weight is 452 g/mol. The number of hydrogen-bond acceptors (Lipinski definition) is 4. The summed E-state index contributed by atoms with van der Waals surface area (Å²) < 4.78 is 0. The third kappa shape index (κ3) is 6.39. The second kappa shape index (κ2) is 11.8. The van der Waals surface area contributed by atoms with Gasteiger partial charge < -0.3 is 15.7 Å². The number of nitrogens with zero attached hydrogens (tertiary/aromatic N) is 1. The summed E-state index contributed by atoms with van der Waals surface area (Å²) in [4.78, 5) is 17.1. The van der Waals surface area contributed by atoms with Gasteiger partial charge in [-0.25, -0.2) is 0 Å². The standard InChI is InChI=1S/C26H30ClN3O2/c1-3-24(20-7-5-4-6-8-20)26(32)30-13-19-9-10-21(22(12-19)17-31)14-28-16-25-18(2)11-23(27)15-29-25/h4-12,15,24,28,31H,3,13-14,16-17H2,1-2H3,(H,30,32). The van der Waals surface area contributed by atoms with Crippen LogP contribution in [0, 0.1) is 6.92 Å². The fourth-order valence-corrected chi connectivity index (χ4v) is 3.96. The molecule has 0 radical (unpaired) electrons. The number of aliphatic hydroxyl groups excluding tert-OH is 1. The highest BCUT2D eigenvalue weighted by atomic mass is 35.5. The highest BCUT2D eigenvalue weighted by Gasteiger charge is 2.18. The number of amides is 1. The smallest absolute Gasteiger partial charge is 0.227 e. The Bertz CT molecular complexity index is 1040. The minimum atomic E-state index is -0.165. The third-order valence-electron chi connectivity index (χ3n) is 5.60. The van der Waals surface area contributed by atoms with E-state index in [1.54, 1.807) is 6.20 Å². The molecule has 1 atom stereocenters. The van der Waals surface area contributed by atoms with E-state index in [4.69, 9.17) is 11.6 Å². The van der Waals surface area contributed by atoms with Crippen LogP contribution in [0.3, 0.4) is 0 Å². The van der Waals surface area contributed by atoms with Crippen LogP contribution in [0.2, 0.25) is 5.02 Å². The van der Waals surface area contributed by atoms with E-state index < -0.39 is 0 Å². The number of aromatic nitrogens is 1. The van der Waals surface area contributed by atoms with Gasteiger partial charge in [-0.05, 0) is 47.2 Å². The predicted molar refractivity (Wildman–Crippen MR) is 128 cm³/mol. The molecule has 0 aliphatic carbocycles. The van der Waals surface area contributed by atoms with Gasteiger partial charge >= 0.3 is 0 Å². The summed E-state index contributed by atoms with van der Waals surface area (Å²) in [5.41, 5.74) is 5.84. The van der Waals surface area contributed by atoms with Crippen molar-refractivity contribution in [3.8, 4) is 0 Å². The predicted octanol–water partition coefficient (Wildman–Crippen LogP) is 4.64. The van der Waals surface area contributed by atoms with Crippen molar-refractivity contribution in [1.82, 2.24) is 15.6 Å². The zero-order chi connectivity index (χ0) is 22.9. The molecule has 0 saturated carbocycles. The number of halogens is 1. The monoisotopic (exact) mass is 451 g/mol. The second-order valence-corrected chi connectivity index (χ2v) is 8.31. The molecule has 3 aromatic rings. The minimum absolute atomic E-state index is 0.0147. The van der Waals surface area contributed by atoms with Crippen molar-refractivity contribution in [2.75, 3.05) is 0 Å². The van der Waals surface area contributed by atoms with E-state index >= 15 is 0 Å². The van der Waals surface area contributed by atoms with E-state index in [0.717, 1.165) is 39.9 Å². The van der Waals surface area contributed by atoms with E-state index in [-0.39, 0.29) is 18.4 Å². The van der Waals surface area contributed by atoms with Gasteiger partial charge in [0.15, 0.2) is 0 Å². The van der Waals surface area contributed by atoms with Crippen LogP contribution >= 0.6 is 11.6 Å². The third-order valence-corrected chi connectivity index (χ3v) is 5.80. The van der Waals surface area contributed by atoms with Crippen LogP contribution in [0.25, 0.3) is 0 Å². The largest absolute Gasteiger partial charge is 0.392 e. The number of carbonyl (C=O) groups excluding carboxylic acids is 1. The van der Waals surface area contributed by atoms with Gasteiger partial charge in [0.25, 0.3) is 0 Å². The van der Waals surface area contributed by atoms with Gasteiger partial charge in [0.05, 0.1) is 23.2 Å². The lowest BCUT2D eigenvalue weighted by Crippen LogP contribution is -2.28. The molecule has 0 aliphatic heterocycles. The molecule has 2 aromatic carbocycles. The number of rotatable bonds is 10. The van der Waals surface area contributed by atoms with Crippen LogP contribution in [0.15, 0.2) is 60.8 Å². The van der Waals surface area contributed by atoms with E-state index in [1.165, 1.54) is 0 Å². The molecule has 3 N–H and O–H groups in total. The number of nitrogens with one attached hydrogen (secondary N) is 2. The Hall–Kier alpha value is -2.73. The molecule has 0 bridgehead atoms. The zero-order valence-electron chi connectivity index (χ0n) is 18.6. The van der Waals surface area contributed by atoms with Crippen LogP contribution in [0.5, 0.6) is 0 Å². The second-order valence-electron chi connectivity index (χ2n) is 7.87. The van der Waals surface area contributed by atoms with E-state index in [2.05, 4.69) is 15.6 Å². The van der Waals surface area contributed by atoms with Crippen LogP contribution in [0.4, 0.5) is 0 Å². The average Bonchev–Trinajstić information content (AvgIpc) is 2.80. The summed E-state index contributed by atoms with van der Waals surface area (Å²) in [5, 5.41) is 16.9. The van der Waals surface area contributed by atoms with Crippen LogP contribution in [-0.2, 0) is 31.0 Å². The van der Waals surface area contributed by atoms with Gasteiger partial charge in [-0.15, -0.1) is 0 Å². The first-order valence-corrected chi connectivity index (χ1v) is 11.3. The van der Waals surface area contributed by atoms with Crippen molar-refractivity contribution < 1.29 is 9.90 Å². The Balaban J connectivity index is 1.58. The number of hydrogen-bond donors (Lipinski definition) is 3. The first-order valence-electron chi connectivity index (χ1n) is 10.9.